The van der Waals surface area contributed by atoms with Gasteiger partial charge in [0.2, 0.25) is 0 Å². The maximum absolute atomic E-state index is 10.8. The van der Waals surface area contributed by atoms with Crippen molar-refractivity contribution in [3.63, 3.8) is 0 Å². The first kappa shape index (κ1) is 12.3. The minimum Gasteiger partial charge on any atom is -0.300 e. The SMILES string of the molecule is C#CC1CCC(CCCCC(C)=O)CC1. The van der Waals surface area contributed by atoms with E-state index in [-0.39, 0.29) is 0 Å². The Bertz CT molecular complexity index is 228. The molecule has 84 valence electrons. The Hall–Kier alpha value is -0.770. The fourth-order valence-electron chi connectivity index (χ4n) is 2.42. The van der Waals surface area contributed by atoms with Crippen LogP contribution in [0.1, 0.15) is 58.3 Å². The molecular formula is C14H22O. The first-order valence-corrected chi connectivity index (χ1v) is 6.18. The molecule has 1 rings (SSSR count). The van der Waals surface area contributed by atoms with Gasteiger partial charge in [-0.05, 0) is 44.9 Å². The van der Waals surface area contributed by atoms with Crippen molar-refractivity contribution in [2.45, 2.75) is 58.3 Å². The zero-order valence-corrected chi connectivity index (χ0v) is 9.80. The fourth-order valence-corrected chi connectivity index (χ4v) is 2.42. The molecule has 1 aliphatic carbocycles. The highest BCUT2D eigenvalue weighted by Gasteiger charge is 2.18. The molecule has 0 bridgehead atoms. The van der Waals surface area contributed by atoms with Gasteiger partial charge in [0.15, 0.2) is 0 Å². The molecule has 0 heterocycles. The lowest BCUT2D eigenvalue weighted by molar-refractivity contribution is -0.117. The highest BCUT2D eigenvalue weighted by Crippen LogP contribution is 2.31. The summed E-state index contributed by atoms with van der Waals surface area (Å²) in [7, 11) is 0. The average molecular weight is 206 g/mol. The van der Waals surface area contributed by atoms with Crippen molar-refractivity contribution in [1.29, 1.82) is 0 Å². The molecule has 1 nitrogen and oxygen atoms in total. The lowest BCUT2D eigenvalue weighted by atomic mass is 9.80. The van der Waals surface area contributed by atoms with E-state index in [0.717, 1.165) is 18.8 Å². The molecule has 0 aromatic rings. The molecule has 0 radical (unpaired) electrons. The van der Waals surface area contributed by atoms with E-state index in [4.69, 9.17) is 6.42 Å². The van der Waals surface area contributed by atoms with E-state index >= 15 is 0 Å². The fraction of sp³-hybridized carbons (Fsp3) is 0.786. The zero-order valence-electron chi connectivity index (χ0n) is 9.80. The molecule has 0 saturated heterocycles. The van der Waals surface area contributed by atoms with Gasteiger partial charge in [0.1, 0.15) is 5.78 Å². The molecule has 0 N–H and O–H groups in total. The van der Waals surface area contributed by atoms with Crippen molar-refractivity contribution in [2.24, 2.45) is 11.8 Å². The molecule has 0 atom stereocenters. The summed E-state index contributed by atoms with van der Waals surface area (Å²) in [5, 5.41) is 0. The molecular weight excluding hydrogens is 184 g/mol. The van der Waals surface area contributed by atoms with E-state index in [1.807, 2.05) is 0 Å². The lowest BCUT2D eigenvalue weighted by Gasteiger charge is -2.25. The number of rotatable bonds is 5. The van der Waals surface area contributed by atoms with E-state index in [1.165, 1.54) is 38.5 Å². The van der Waals surface area contributed by atoms with E-state index < -0.39 is 0 Å². The number of hydrogen-bond acceptors (Lipinski definition) is 1. The van der Waals surface area contributed by atoms with Gasteiger partial charge in [-0.3, -0.25) is 0 Å². The third-order valence-electron chi connectivity index (χ3n) is 3.47. The third kappa shape index (κ3) is 5.02. The van der Waals surface area contributed by atoms with Gasteiger partial charge < -0.3 is 4.79 Å². The standard InChI is InChI=1S/C14H22O/c1-3-13-8-10-14(11-9-13)7-5-4-6-12(2)15/h1,13-14H,4-11H2,2H3. The number of terminal acetylenes is 1. The summed E-state index contributed by atoms with van der Waals surface area (Å²) in [6.45, 7) is 1.68. The maximum atomic E-state index is 10.8. The average Bonchev–Trinajstić information content (AvgIpc) is 2.25. The quantitative estimate of drug-likeness (QED) is 0.496. The Kier molecular flexibility index (Phi) is 5.47. The summed E-state index contributed by atoms with van der Waals surface area (Å²) in [5.41, 5.74) is 0. The van der Waals surface area contributed by atoms with Crippen LogP contribution < -0.4 is 0 Å². The Balaban J connectivity index is 2.04. The molecule has 15 heavy (non-hydrogen) atoms. The normalized spacial score (nSPS) is 25.9. The topological polar surface area (TPSA) is 17.1 Å². The molecule has 1 fully saturated rings. The van der Waals surface area contributed by atoms with Crippen molar-refractivity contribution >= 4 is 5.78 Å². The van der Waals surface area contributed by atoms with E-state index in [9.17, 15) is 4.79 Å². The number of unbranched alkanes of at least 4 members (excludes halogenated alkanes) is 1. The highest BCUT2D eigenvalue weighted by atomic mass is 16.1. The monoisotopic (exact) mass is 206 g/mol. The lowest BCUT2D eigenvalue weighted by Crippen LogP contribution is -2.13. The summed E-state index contributed by atoms with van der Waals surface area (Å²) < 4.78 is 0. The minimum atomic E-state index is 0.325. The van der Waals surface area contributed by atoms with Gasteiger partial charge in [0.05, 0.1) is 0 Å². The van der Waals surface area contributed by atoms with Crippen LogP contribution in [0.5, 0.6) is 0 Å². The predicted octanol–water partition coefficient (Wildman–Crippen LogP) is 3.58. The molecule has 0 amide bonds. The Morgan fingerprint density at radius 1 is 1.27 bits per heavy atom. The second-order valence-electron chi connectivity index (χ2n) is 4.83. The van der Waals surface area contributed by atoms with Crippen molar-refractivity contribution in [3.8, 4) is 12.3 Å². The van der Waals surface area contributed by atoms with Crippen LogP contribution in [-0.2, 0) is 4.79 Å². The van der Waals surface area contributed by atoms with Gasteiger partial charge in [-0.25, -0.2) is 0 Å². The van der Waals surface area contributed by atoms with Crippen LogP contribution in [0.3, 0.4) is 0 Å². The maximum Gasteiger partial charge on any atom is 0.129 e. The van der Waals surface area contributed by atoms with Gasteiger partial charge in [0.25, 0.3) is 0 Å². The van der Waals surface area contributed by atoms with Gasteiger partial charge in [0, 0.05) is 12.3 Å². The largest absolute Gasteiger partial charge is 0.300 e. The molecule has 1 saturated carbocycles. The van der Waals surface area contributed by atoms with Crippen molar-refractivity contribution < 1.29 is 4.79 Å². The number of ketones is 1. The van der Waals surface area contributed by atoms with E-state index in [1.54, 1.807) is 6.92 Å². The van der Waals surface area contributed by atoms with Crippen molar-refractivity contribution in [1.82, 2.24) is 0 Å². The number of Topliss-reactive ketones (excluding diaryl/α,β-unsaturated/α-hetero) is 1. The summed E-state index contributed by atoms with van der Waals surface area (Å²) in [6.07, 6.45) is 14.8. The highest BCUT2D eigenvalue weighted by molar-refractivity contribution is 5.75. The summed E-state index contributed by atoms with van der Waals surface area (Å²) in [5.74, 6) is 4.60. The van der Waals surface area contributed by atoms with Gasteiger partial charge >= 0.3 is 0 Å². The smallest absolute Gasteiger partial charge is 0.129 e. The molecule has 0 aromatic carbocycles. The van der Waals surface area contributed by atoms with Gasteiger partial charge in [-0.15, -0.1) is 12.3 Å². The summed E-state index contributed by atoms with van der Waals surface area (Å²) >= 11 is 0. The second-order valence-corrected chi connectivity index (χ2v) is 4.83. The van der Waals surface area contributed by atoms with Crippen LogP contribution in [0.15, 0.2) is 0 Å². The number of carbonyl (C=O) groups excluding carboxylic acids is 1. The minimum absolute atomic E-state index is 0.325. The summed E-state index contributed by atoms with van der Waals surface area (Å²) in [6, 6.07) is 0. The van der Waals surface area contributed by atoms with Crippen molar-refractivity contribution in [3.05, 3.63) is 0 Å². The first-order chi connectivity index (χ1) is 7.22. The van der Waals surface area contributed by atoms with Crippen molar-refractivity contribution in [2.75, 3.05) is 0 Å². The predicted molar refractivity (Wildman–Crippen MR) is 63.4 cm³/mol. The van der Waals surface area contributed by atoms with Crippen LogP contribution in [-0.4, -0.2) is 5.78 Å². The molecule has 1 heteroatoms. The van der Waals surface area contributed by atoms with Gasteiger partial charge in [-0.2, -0.15) is 0 Å². The molecule has 0 aliphatic heterocycles. The first-order valence-electron chi connectivity index (χ1n) is 6.18. The Morgan fingerprint density at radius 3 is 2.47 bits per heavy atom. The molecule has 0 spiro atoms. The van der Waals surface area contributed by atoms with Crippen LogP contribution in [0.4, 0.5) is 0 Å². The number of carbonyl (C=O) groups is 1. The summed E-state index contributed by atoms with van der Waals surface area (Å²) in [4.78, 5) is 10.8. The van der Waals surface area contributed by atoms with Crippen LogP contribution in [0.25, 0.3) is 0 Å². The molecule has 0 aromatic heterocycles. The van der Waals surface area contributed by atoms with E-state index in [2.05, 4.69) is 5.92 Å². The van der Waals surface area contributed by atoms with Crippen LogP contribution in [0.2, 0.25) is 0 Å². The number of hydrogen-bond donors (Lipinski definition) is 0. The van der Waals surface area contributed by atoms with Crippen LogP contribution in [0, 0.1) is 24.2 Å². The van der Waals surface area contributed by atoms with E-state index in [0.29, 0.717) is 11.7 Å². The molecule has 0 unspecified atom stereocenters. The molecule has 1 aliphatic rings. The third-order valence-corrected chi connectivity index (χ3v) is 3.47. The van der Waals surface area contributed by atoms with Gasteiger partial charge in [-0.1, -0.05) is 12.8 Å². The zero-order chi connectivity index (χ0) is 11.1. The van der Waals surface area contributed by atoms with Crippen LogP contribution >= 0.6 is 0 Å². The Morgan fingerprint density at radius 2 is 1.93 bits per heavy atom. The second kappa shape index (κ2) is 6.67. The Labute approximate surface area is 93.6 Å².